The molecule has 0 radical (unpaired) electrons. The van der Waals surface area contributed by atoms with Crippen LogP contribution in [0.1, 0.15) is 15.4 Å². The molecule has 0 saturated carbocycles. The van der Waals surface area contributed by atoms with Crippen molar-refractivity contribution in [3.63, 3.8) is 0 Å². The fourth-order valence-electron chi connectivity index (χ4n) is 2.75. The molecule has 4 aromatic rings. The van der Waals surface area contributed by atoms with Crippen LogP contribution in [0.2, 0.25) is 0 Å². The molecule has 0 atom stereocenters. The summed E-state index contributed by atoms with van der Waals surface area (Å²) in [7, 11) is 0. The zero-order valence-corrected chi connectivity index (χ0v) is 16.8. The number of nitrogens with zero attached hydrogens (tertiary/aromatic N) is 2. The molecule has 0 unspecified atom stereocenters. The van der Waals surface area contributed by atoms with E-state index in [1.165, 1.54) is 22.7 Å². The molecule has 3 N–H and O–H groups in total. The van der Waals surface area contributed by atoms with Crippen LogP contribution in [-0.2, 0) is 11.2 Å². The number of hydrogen-bond acceptors (Lipinski definition) is 6. The minimum atomic E-state index is -0.463. The lowest BCUT2D eigenvalue weighted by Gasteiger charge is -2.02. The van der Waals surface area contributed by atoms with E-state index in [9.17, 15) is 9.59 Å². The molecule has 0 aliphatic carbocycles. The van der Waals surface area contributed by atoms with Crippen LogP contribution < -0.4 is 11.1 Å². The van der Waals surface area contributed by atoms with E-state index in [0.717, 1.165) is 16.1 Å². The van der Waals surface area contributed by atoms with E-state index in [1.807, 2.05) is 60.7 Å². The fourth-order valence-corrected chi connectivity index (χ4v) is 4.44. The number of rotatable bonds is 6. The van der Waals surface area contributed by atoms with Gasteiger partial charge in [0.05, 0.1) is 17.8 Å². The van der Waals surface area contributed by atoms with Crippen molar-refractivity contribution in [3.8, 4) is 21.8 Å². The topological polar surface area (TPSA) is 98.0 Å². The Morgan fingerprint density at radius 1 is 0.931 bits per heavy atom. The van der Waals surface area contributed by atoms with Gasteiger partial charge < -0.3 is 5.73 Å². The number of carbonyl (C=O) groups is 2. The minimum Gasteiger partial charge on any atom is -0.369 e. The molecule has 0 fully saturated rings. The van der Waals surface area contributed by atoms with E-state index in [0.29, 0.717) is 21.4 Å². The number of nitrogens with one attached hydrogen (secondary N) is 1. The van der Waals surface area contributed by atoms with Gasteiger partial charge in [0.25, 0.3) is 5.91 Å². The van der Waals surface area contributed by atoms with E-state index in [1.54, 1.807) is 5.38 Å². The lowest BCUT2D eigenvalue weighted by atomic mass is 10.1. The van der Waals surface area contributed by atoms with E-state index in [4.69, 9.17) is 10.7 Å². The normalized spacial score (nSPS) is 10.6. The van der Waals surface area contributed by atoms with Crippen molar-refractivity contribution in [1.82, 2.24) is 9.97 Å². The van der Waals surface area contributed by atoms with Crippen molar-refractivity contribution in [2.75, 3.05) is 5.32 Å². The van der Waals surface area contributed by atoms with E-state index in [2.05, 4.69) is 10.3 Å². The Hall–Kier alpha value is -3.36. The first-order valence-corrected chi connectivity index (χ1v) is 10.5. The Morgan fingerprint density at radius 2 is 1.59 bits per heavy atom. The summed E-state index contributed by atoms with van der Waals surface area (Å²) in [6, 6.07) is 19.3. The summed E-state index contributed by atoms with van der Waals surface area (Å²) in [5.41, 5.74) is 8.18. The van der Waals surface area contributed by atoms with Gasteiger partial charge in [-0.25, -0.2) is 9.97 Å². The number of primary amides is 1. The second-order valence-electron chi connectivity index (χ2n) is 6.17. The Bertz CT molecular complexity index is 1150. The third-order valence-corrected chi connectivity index (χ3v) is 5.94. The van der Waals surface area contributed by atoms with Crippen LogP contribution in [0.3, 0.4) is 0 Å². The molecule has 2 aromatic heterocycles. The molecule has 2 aromatic carbocycles. The maximum absolute atomic E-state index is 13.0. The van der Waals surface area contributed by atoms with Gasteiger partial charge in [-0.15, -0.1) is 22.7 Å². The molecule has 0 aliphatic heterocycles. The van der Waals surface area contributed by atoms with Gasteiger partial charge in [-0.05, 0) is 0 Å². The van der Waals surface area contributed by atoms with Crippen molar-refractivity contribution >= 4 is 39.6 Å². The number of nitrogens with two attached hydrogens (primary N) is 1. The highest BCUT2D eigenvalue weighted by atomic mass is 32.1. The second-order valence-corrected chi connectivity index (χ2v) is 8.03. The van der Waals surface area contributed by atoms with Gasteiger partial charge in [-0.2, -0.15) is 0 Å². The Balaban J connectivity index is 1.68. The summed E-state index contributed by atoms with van der Waals surface area (Å²) in [5, 5.41) is 5.71. The van der Waals surface area contributed by atoms with Crippen molar-refractivity contribution < 1.29 is 9.59 Å². The molecule has 144 valence electrons. The van der Waals surface area contributed by atoms with Gasteiger partial charge in [0.2, 0.25) is 5.91 Å². The maximum atomic E-state index is 13.0. The first kappa shape index (κ1) is 19.0. The number of benzene rings is 2. The SMILES string of the molecule is NC(=O)Cc1csc(NC(=O)c2sc(-c3ccccc3)nc2-c2ccccc2)n1. The Morgan fingerprint density at radius 3 is 2.24 bits per heavy atom. The zero-order chi connectivity index (χ0) is 20.2. The van der Waals surface area contributed by atoms with E-state index < -0.39 is 5.91 Å². The first-order chi connectivity index (χ1) is 14.1. The average Bonchev–Trinajstić information content (AvgIpc) is 3.36. The molecule has 2 heterocycles. The minimum absolute atomic E-state index is 0.0420. The number of aromatic nitrogens is 2. The lowest BCUT2D eigenvalue weighted by Crippen LogP contribution is -2.14. The highest BCUT2D eigenvalue weighted by Gasteiger charge is 2.21. The molecular weight excluding hydrogens is 404 g/mol. The van der Waals surface area contributed by atoms with Gasteiger partial charge in [0, 0.05) is 16.5 Å². The quantitative estimate of drug-likeness (QED) is 0.488. The van der Waals surface area contributed by atoms with Crippen LogP contribution in [-0.4, -0.2) is 21.8 Å². The molecule has 8 heteroatoms. The van der Waals surface area contributed by atoms with Crippen LogP contribution in [0.15, 0.2) is 66.0 Å². The number of carbonyl (C=O) groups excluding carboxylic acids is 2. The molecular formula is C21H16N4O2S2. The van der Waals surface area contributed by atoms with Crippen LogP contribution in [0.25, 0.3) is 21.8 Å². The average molecular weight is 421 g/mol. The van der Waals surface area contributed by atoms with Crippen molar-refractivity contribution in [2.45, 2.75) is 6.42 Å². The molecule has 2 amide bonds. The van der Waals surface area contributed by atoms with Crippen LogP contribution in [0.4, 0.5) is 5.13 Å². The maximum Gasteiger partial charge on any atom is 0.269 e. The summed E-state index contributed by atoms with van der Waals surface area (Å²) in [4.78, 5) is 33.6. The van der Waals surface area contributed by atoms with Crippen LogP contribution >= 0.6 is 22.7 Å². The van der Waals surface area contributed by atoms with Gasteiger partial charge in [-0.1, -0.05) is 60.7 Å². The summed E-state index contributed by atoms with van der Waals surface area (Å²) in [5.74, 6) is -0.752. The largest absolute Gasteiger partial charge is 0.369 e. The summed E-state index contributed by atoms with van der Waals surface area (Å²) in [6.07, 6.45) is 0.0420. The predicted molar refractivity (Wildman–Crippen MR) is 116 cm³/mol. The Labute approximate surface area is 175 Å². The molecule has 0 saturated heterocycles. The van der Waals surface area contributed by atoms with Gasteiger partial charge >= 0.3 is 0 Å². The number of amides is 2. The van der Waals surface area contributed by atoms with Crippen LogP contribution in [0, 0.1) is 0 Å². The zero-order valence-electron chi connectivity index (χ0n) is 15.2. The Kier molecular flexibility index (Phi) is 5.46. The third-order valence-electron chi connectivity index (χ3n) is 4.03. The summed E-state index contributed by atoms with van der Waals surface area (Å²) < 4.78 is 0. The standard InChI is InChI=1S/C21H16N4O2S2/c22-16(26)11-15-12-28-21(23-15)25-19(27)18-17(13-7-3-1-4-8-13)24-20(29-18)14-9-5-2-6-10-14/h1-10,12H,11H2,(H2,22,26)(H,23,25,27). The summed E-state index contributed by atoms with van der Waals surface area (Å²) >= 11 is 2.58. The third kappa shape index (κ3) is 4.39. The number of hydrogen-bond donors (Lipinski definition) is 2. The highest BCUT2D eigenvalue weighted by Crippen LogP contribution is 2.34. The number of anilines is 1. The van der Waals surface area contributed by atoms with Crippen molar-refractivity contribution in [3.05, 3.63) is 76.6 Å². The van der Waals surface area contributed by atoms with Crippen molar-refractivity contribution in [2.24, 2.45) is 5.73 Å². The predicted octanol–water partition coefficient (Wildman–Crippen LogP) is 4.21. The van der Waals surface area contributed by atoms with Crippen LogP contribution in [0.5, 0.6) is 0 Å². The molecule has 0 spiro atoms. The molecule has 0 bridgehead atoms. The van der Waals surface area contributed by atoms with Crippen molar-refractivity contribution in [1.29, 1.82) is 0 Å². The second kappa shape index (κ2) is 8.34. The first-order valence-electron chi connectivity index (χ1n) is 8.76. The summed E-state index contributed by atoms with van der Waals surface area (Å²) in [6.45, 7) is 0. The number of thiazole rings is 2. The van der Waals surface area contributed by atoms with Gasteiger partial charge in [-0.3, -0.25) is 14.9 Å². The fraction of sp³-hybridized carbons (Fsp3) is 0.0476. The molecule has 6 nitrogen and oxygen atoms in total. The molecule has 4 rings (SSSR count). The monoisotopic (exact) mass is 420 g/mol. The lowest BCUT2D eigenvalue weighted by molar-refractivity contribution is -0.117. The highest BCUT2D eigenvalue weighted by molar-refractivity contribution is 7.18. The molecule has 29 heavy (non-hydrogen) atoms. The smallest absolute Gasteiger partial charge is 0.269 e. The van der Waals surface area contributed by atoms with Gasteiger partial charge in [0.15, 0.2) is 5.13 Å². The van der Waals surface area contributed by atoms with E-state index in [-0.39, 0.29) is 12.3 Å². The van der Waals surface area contributed by atoms with Gasteiger partial charge in [0.1, 0.15) is 9.88 Å². The van der Waals surface area contributed by atoms with E-state index >= 15 is 0 Å². The molecule has 0 aliphatic rings.